The second-order valence-corrected chi connectivity index (χ2v) is 9.27. The molecule has 0 aliphatic rings. The van der Waals surface area contributed by atoms with E-state index in [1.165, 1.54) is 35.8 Å². The van der Waals surface area contributed by atoms with E-state index in [0.29, 0.717) is 21.7 Å². The SMILES string of the molecule is CN(C)C=NS(=O)(=O)c1cc(NC(=O)Cc2ccccc2Cl)ccc1-c1cncc(C#N)c1. The molecule has 10 heteroatoms. The lowest BCUT2D eigenvalue weighted by atomic mass is 10.1. The second-order valence-electron chi connectivity index (χ2n) is 7.26. The molecule has 33 heavy (non-hydrogen) atoms. The topological polar surface area (TPSA) is 116 Å². The van der Waals surface area contributed by atoms with Crippen LogP contribution in [0.1, 0.15) is 11.1 Å². The summed E-state index contributed by atoms with van der Waals surface area (Å²) >= 11 is 6.12. The zero-order valence-electron chi connectivity index (χ0n) is 17.9. The molecule has 1 aromatic heterocycles. The number of carbonyl (C=O) groups excluding carboxylic acids is 1. The summed E-state index contributed by atoms with van der Waals surface area (Å²) in [5, 5.41) is 12.3. The number of halogens is 1. The number of benzene rings is 2. The molecule has 1 heterocycles. The Hall–Kier alpha value is -3.74. The zero-order valence-corrected chi connectivity index (χ0v) is 19.4. The molecule has 0 unspecified atom stereocenters. The molecular weight excluding hydrogens is 462 g/mol. The molecule has 0 aliphatic carbocycles. The van der Waals surface area contributed by atoms with Crippen molar-refractivity contribution < 1.29 is 13.2 Å². The van der Waals surface area contributed by atoms with Crippen molar-refractivity contribution >= 4 is 39.6 Å². The van der Waals surface area contributed by atoms with Crippen molar-refractivity contribution in [2.45, 2.75) is 11.3 Å². The minimum Gasteiger partial charge on any atom is -0.368 e. The molecule has 3 aromatic rings. The first-order valence-corrected chi connectivity index (χ1v) is 11.5. The first-order chi connectivity index (χ1) is 15.7. The summed E-state index contributed by atoms with van der Waals surface area (Å²) in [6.45, 7) is 0. The van der Waals surface area contributed by atoms with Crippen LogP contribution in [0.2, 0.25) is 5.02 Å². The maximum Gasteiger partial charge on any atom is 0.284 e. The molecule has 0 aliphatic heterocycles. The summed E-state index contributed by atoms with van der Waals surface area (Å²) in [5.74, 6) is -0.357. The van der Waals surface area contributed by atoms with Gasteiger partial charge in [-0.3, -0.25) is 9.78 Å². The number of nitrogens with one attached hydrogen (secondary N) is 1. The smallest absolute Gasteiger partial charge is 0.284 e. The molecule has 0 spiro atoms. The maximum atomic E-state index is 13.0. The Kier molecular flexibility index (Phi) is 7.43. The fourth-order valence-electron chi connectivity index (χ4n) is 2.93. The Labute approximate surface area is 197 Å². The summed E-state index contributed by atoms with van der Waals surface area (Å²) in [6.07, 6.45) is 4.04. The van der Waals surface area contributed by atoms with E-state index in [0.717, 1.165) is 0 Å². The molecule has 3 rings (SSSR count). The lowest BCUT2D eigenvalue weighted by Gasteiger charge is -2.12. The number of hydrogen-bond donors (Lipinski definition) is 1. The molecule has 0 atom stereocenters. The molecule has 1 amide bonds. The average molecular weight is 482 g/mol. The van der Waals surface area contributed by atoms with E-state index in [2.05, 4.69) is 14.7 Å². The summed E-state index contributed by atoms with van der Waals surface area (Å²) in [7, 11) is -0.844. The maximum absolute atomic E-state index is 13.0. The number of carbonyl (C=O) groups is 1. The lowest BCUT2D eigenvalue weighted by molar-refractivity contribution is -0.115. The van der Waals surface area contributed by atoms with Crippen molar-refractivity contribution in [1.82, 2.24) is 9.88 Å². The number of nitriles is 1. The third kappa shape index (κ3) is 6.16. The van der Waals surface area contributed by atoms with Crippen molar-refractivity contribution in [3.63, 3.8) is 0 Å². The first-order valence-electron chi connectivity index (χ1n) is 9.69. The van der Waals surface area contributed by atoms with Crippen molar-refractivity contribution in [3.05, 3.63) is 77.1 Å². The fourth-order valence-corrected chi connectivity index (χ4v) is 4.30. The minimum absolute atomic E-state index is 0.0242. The second kappa shape index (κ2) is 10.3. The van der Waals surface area contributed by atoms with Crippen LogP contribution in [0, 0.1) is 11.3 Å². The van der Waals surface area contributed by atoms with Crippen molar-refractivity contribution in [2.24, 2.45) is 4.40 Å². The average Bonchev–Trinajstić information content (AvgIpc) is 2.79. The van der Waals surface area contributed by atoms with Crippen LogP contribution in [-0.4, -0.2) is 44.6 Å². The van der Waals surface area contributed by atoms with Crippen LogP contribution in [0.15, 0.2) is 70.2 Å². The van der Waals surface area contributed by atoms with Gasteiger partial charge in [-0.2, -0.15) is 13.7 Å². The number of rotatable bonds is 7. The van der Waals surface area contributed by atoms with Crippen molar-refractivity contribution in [3.8, 4) is 17.2 Å². The summed E-state index contributed by atoms with van der Waals surface area (Å²) < 4.78 is 29.7. The van der Waals surface area contributed by atoms with E-state index in [-0.39, 0.29) is 28.5 Å². The lowest BCUT2D eigenvalue weighted by Crippen LogP contribution is -2.15. The van der Waals surface area contributed by atoms with Crippen LogP contribution in [0.3, 0.4) is 0 Å². The largest absolute Gasteiger partial charge is 0.368 e. The molecule has 2 aromatic carbocycles. The number of aromatic nitrogens is 1. The van der Waals surface area contributed by atoms with E-state index in [1.54, 1.807) is 50.5 Å². The monoisotopic (exact) mass is 481 g/mol. The highest BCUT2D eigenvalue weighted by atomic mass is 35.5. The standard InChI is InChI=1S/C23H20ClN5O3S/c1-29(2)15-27-33(31,32)22-11-19(28-23(30)10-17-5-3-4-6-21(17)24)7-8-20(22)18-9-16(12-25)13-26-14-18/h3-9,11,13-15H,10H2,1-2H3,(H,28,30). The number of pyridine rings is 1. The first kappa shape index (κ1) is 23.9. The van der Waals surface area contributed by atoms with E-state index in [1.807, 2.05) is 6.07 Å². The molecule has 0 fully saturated rings. The van der Waals surface area contributed by atoms with Gasteiger partial charge in [-0.25, -0.2) is 0 Å². The Morgan fingerprint density at radius 1 is 1.21 bits per heavy atom. The van der Waals surface area contributed by atoms with Gasteiger partial charge in [0, 0.05) is 48.3 Å². The van der Waals surface area contributed by atoms with Gasteiger partial charge in [-0.1, -0.05) is 35.9 Å². The number of hydrogen-bond acceptors (Lipinski definition) is 5. The van der Waals surface area contributed by atoms with Crippen LogP contribution in [0.25, 0.3) is 11.1 Å². The van der Waals surface area contributed by atoms with Crippen LogP contribution < -0.4 is 5.32 Å². The third-order valence-electron chi connectivity index (χ3n) is 4.45. The molecule has 8 nitrogen and oxygen atoms in total. The van der Waals surface area contributed by atoms with Crippen LogP contribution >= 0.6 is 11.6 Å². The fraction of sp³-hybridized carbons (Fsp3) is 0.130. The van der Waals surface area contributed by atoms with Gasteiger partial charge in [0.2, 0.25) is 5.91 Å². The van der Waals surface area contributed by atoms with E-state index >= 15 is 0 Å². The molecule has 0 bridgehead atoms. The molecule has 0 saturated carbocycles. The zero-order chi connectivity index (χ0) is 24.0. The molecule has 0 radical (unpaired) electrons. The van der Waals surface area contributed by atoms with Crippen molar-refractivity contribution in [2.75, 3.05) is 19.4 Å². The highest BCUT2D eigenvalue weighted by Crippen LogP contribution is 2.31. The van der Waals surface area contributed by atoms with Gasteiger partial charge in [0.15, 0.2) is 0 Å². The predicted molar refractivity (Wildman–Crippen MR) is 128 cm³/mol. The summed E-state index contributed by atoms with van der Waals surface area (Å²) in [5.41, 5.74) is 1.95. The molecule has 1 N–H and O–H groups in total. The highest BCUT2D eigenvalue weighted by Gasteiger charge is 2.21. The number of sulfonamides is 1. The predicted octanol–water partition coefficient (Wildman–Crippen LogP) is 3.73. The van der Waals surface area contributed by atoms with E-state index < -0.39 is 10.0 Å². The number of anilines is 1. The Balaban J connectivity index is 2.01. The van der Waals surface area contributed by atoms with E-state index in [4.69, 9.17) is 11.6 Å². The van der Waals surface area contributed by atoms with Gasteiger partial charge < -0.3 is 10.2 Å². The van der Waals surface area contributed by atoms with Crippen LogP contribution in [0.5, 0.6) is 0 Å². The van der Waals surface area contributed by atoms with Gasteiger partial charge in [0.25, 0.3) is 10.0 Å². The summed E-state index contributed by atoms with van der Waals surface area (Å²) in [4.78, 5) is 17.9. The van der Waals surface area contributed by atoms with E-state index in [9.17, 15) is 18.5 Å². The third-order valence-corrected chi connectivity index (χ3v) is 6.08. The normalized spacial score (nSPS) is 11.2. The molecular formula is C23H20ClN5O3S. The van der Waals surface area contributed by atoms with Gasteiger partial charge in [0.05, 0.1) is 16.9 Å². The highest BCUT2D eigenvalue weighted by molar-refractivity contribution is 7.90. The number of amides is 1. The summed E-state index contributed by atoms with van der Waals surface area (Å²) in [6, 6.07) is 15.0. The van der Waals surface area contributed by atoms with Crippen LogP contribution in [-0.2, 0) is 21.2 Å². The Morgan fingerprint density at radius 2 is 1.97 bits per heavy atom. The Bertz CT molecular complexity index is 1360. The van der Waals surface area contributed by atoms with Gasteiger partial charge in [-0.15, -0.1) is 4.40 Å². The van der Waals surface area contributed by atoms with Gasteiger partial charge >= 0.3 is 0 Å². The van der Waals surface area contributed by atoms with Crippen molar-refractivity contribution in [1.29, 1.82) is 5.26 Å². The van der Waals surface area contributed by atoms with Gasteiger partial charge in [0.1, 0.15) is 12.4 Å². The molecule has 168 valence electrons. The Morgan fingerprint density at radius 3 is 2.67 bits per heavy atom. The molecule has 0 saturated heterocycles. The van der Waals surface area contributed by atoms with Gasteiger partial charge in [-0.05, 0) is 29.8 Å². The van der Waals surface area contributed by atoms with Crippen LogP contribution in [0.4, 0.5) is 5.69 Å². The minimum atomic E-state index is -4.13. The quantitative estimate of drug-likeness (QED) is 0.406. The number of nitrogens with zero attached hydrogens (tertiary/aromatic N) is 4.